The number of thiazole rings is 1. The topological polar surface area (TPSA) is 272 Å². The molecule has 7 N–H and O–H groups in total. The van der Waals surface area contributed by atoms with Crippen LogP contribution in [0.5, 0.6) is 5.75 Å². The first kappa shape index (κ1) is 36.5. The Bertz CT molecular complexity index is 1840. The van der Waals surface area contributed by atoms with E-state index in [1.54, 1.807) is 24.3 Å². The quantitative estimate of drug-likeness (QED) is 0.0389. The van der Waals surface area contributed by atoms with Gasteiger partial charge >= 0.3 is 5.97 Å². The molecule has 21 heteroatoms. The van der Waals surface area contributed by atoms with Crippen LogP contribution in [-0.2, 0) is 47.5 Å². The first-order chi connectivity index (χ1) is 22.4. The first-order valence-corrected chi connectivity index (χ1v) is 16.7. The summed E-state index contributed by atoms with van der Waals surface area (Å²) < 4.78 is 46.6. The van der Waals surface area contributed by atoms with E-state index in [4.69, 9.17) is 38.4 Å². The number of nitrogens with zero attached hydrogens (tertiary/aromatic N) is 5. The average Bonchev–Trinajstić information content (AvgIpc) is 3.50. The highest BCUT2D eigenvalue weighted by Crippen LogP contribution is 2.41. The van der Waals surface area contributed by atoms with Crippen LogP contribution < -0.4 is 26.6 Å². The van der Waals surface area contributed by atoms with Crippen molar-refractivity contribution in [1.82, 2.24) is 14.7 Å². The van der Waals surface area contributed by atoms with Gasteiger partial charge < -0.3 is 36.4 Å². The molecule has 0 bridgehead atoms. The van der Waals surface area contributed by atoms with Crippen molar-refractivity contribution in [3.05, 3.63) is 40.5 Å². The molecular formula is C27H33ClN8O10S2. The summed E-state index contributed by atoms with van der Waals surface area (Å²) in [6.07, 6.45) is 0.369. The third-order valence-corrected chi connectivity index (χ3v) is 8.93. The molecule has 0 saturated carbocycles. The molecule has 0 aliphatic carbocycles. The van der Waals surface area contributed by atoms with Crippen molar-refractivity contribution in [2.75, 3.05) is 24.6 Å². The van der Waals surface area contributed by atoms with Gasteiger partial charge in [-0.2, -0.15) is 9.35 Å². The number of nitrogens with two attached hydrogens (primary N) is 3. The van der Waals surface area contributed by atoms with Crippen LogP contribution in [-0.4, -0.2) is 81.0 Å². The van der Waals surface area contributed by atoms with Crippen LogP contribution in [0.4, 0.5) is 10.9 Å². The van der Waals surface area contributed by atoms with E-state index in [0.29, 0.717) is 29.7 Å². The van der Waals surface area contributed by atoms with Crippen LogP contribution in [0.15, 0.2) is 35.6 Å². The highest BCUT2D eigenvalue weighted by atomic mass is 35.5. The number of aryl methyl sites for hydroxylation is 1. The van der Waals surface area contributed by atoms with Gasteiger partial charge in [0.15, 0.2) is 29.0 Å². The standard InChI is InChI=1S/C27H33ClN8O10S2/c1-27(2)17(24(38)36(27)46-48(41,42)43)11-18(37)20(21-22(28)47-26(31)32-21)33-45-19(25(39)40)13-44-15-7-5-14(6-8-15)16-12-35(10-4-9-29)34(3)23(16)30/h5-8,12,17,19,30H,4,9-11,13,29H2,1-3H3,(H4,31,32,39,40,41,42,43)/b33-20+/t17?,19-/m0/s1. The molecule has 1 amide bonds. The number of amides is 1. The zero-order valence-corrected chi connectivity index (χ0v) is 28.2. The van der Waals surface area contributed by atoms with Crippen molar-refractivity contribution in [1.29, 1.82) is 0 Å². The maximum Gasteiger partial charge on any atom is 0.351 e. The molecule has 1 aliphatic rings. The van der Waals surface area contributed by atoms with Crippen LogP contribution in [0, 0.1) is 5.92 Å². The number of carboxylic acids is 1. The zero-order chi connectivity index (χ0) is 35.6. The normalized spacial score (nSPS) is 16.8. The molecule has 1 fully saturated rings. The molecule has 3 aromatic rings. The van der Waals surface area contributed by atoms with E-state index in [9.17, 15) is 32.5 Å². The summed E-state index contributed by atoms with van der Waals surface area (Å²) in [6, 6.07) is 6.72. The van der Waals surface area contributed by atoms with E-state index >= 15 is 0 Å². The molecule has 4 rings (SSSR count). The van der Waals surface area contributed by atoms with E-state index in [-0.39, 0.29) is 15.2 Å². The zero-order valence-electron chi connectivity index (χ0n) is 25.9. The number of rotatable bonds is 16. The molecule has 260 valence electrons. The molecule has 1 saturated heterocycles. The minimum Gasteiger partial charge on any atom is -0.724 e. The molecule has 1 unspecified atom stereocenters. The smallest absolute Gasteiger partial charge is 0.351 e. The number of β-lactam (4-membered cyclic amide) rings is 1. The average molecular weight is 729 g/mol. The Labute approximate surface area is 283 Å². The monoisotopic (exact) mass is 728 g/mol. The summed E-state index contributed by atoms with van der Waals surface area (Å²) in [6.45, 7) is 3.43. The van der Waals surface area contributed by atoms with Crippen molar-refractivity contribution < 1.29 is 51.0 Å². The fourth-order valence-corrected chi connectivity index (χ4v) is 6.18. The Balaban J connectivity index is 1.49. The summed E-state index contributed by atoms with van der Waals surface area (Å²) in [5.74, 6) is -3.63. The molecule has 1 aliphatic heterocycles. The summed E-state index contributed by atoms with van der Waals surface area (Å²) in [5, 5.41) is 13.8. The number of carbonyl (C=O) groups is 3. The lowest BCUT2D eigenvalue weighted by Gasteiger charge is -2.51. The first-order valence-electron chi connectivity index (χ1n) is 14.1. The third kappa shape index (κ3) is 8.02. The van der Waals surface area contributed by atoms with Gasteiger partial charge in [0.2, 0.25) is 16.6 Å². The number of aliphatic carboxylic acids is 1. The number of aromatic nitrogens is 3. The van der Waals surface area contributed by atoms with Crippen LogP contribution in [0.1, 0.15) is 32.4 Å². The lowest BCUT2D eigenvalue weighted by atomic mass is 9.74. The molecule has 0 spiro atoms. The van der Waals surface area contributed by atoms with Crippen LogP contribution in [0.3, 0.4) is 0 Å². The second-order valence-electron chi connectivity index (χ2n) is 11.1. The van der Waals surface area contributed by atoms with E-state index in [0.717, 1.165) is 28.9 Å². The molecule has 48 heavy (non-hydrogen) atoms. The summed E-state index contributed by atoms with van der Waals surface area (Å²) in [4.78, 5) is 47.2. The molecule has 2 atom stereocenters. The lowest BCUT2D eigenvalue weighted by molar-refractivity contribution is -0.772. The Kier molecular flexibility index (Phi) is 11.0. The van der Waals surface area contributed by atoms with Gasteiger partial charge in [0, 0.05) is 12.8 Å². The molecular weight excluding hydrogens is 696 g/mol. The number of nitrogen functional groups attached to an aromatic ring is 2. The molecule has 1 aromatic carbocycles. The Morgan fingerprint density at radius 1 is 1.27 bits per heavy atom. The van der Waals surface area contributed by atoms with Crippen LogP contribution in [0.2, 0.25) is 4.34 Å². The van der Waals surface area contributed by atoms with Gasteiger partial charge in [-0.05, 0) is 38.1 Å². The molecule has 18 nitrogen and oxygen atoms in total. The number of hydrogen-bond acceptors (Lipinski definition) is 15. The van der Waals surface area contributed by atoms with Crippen molar-refractivity contribution in [3.63, 3.8) is 0 Å². The van der Waals surface area contributed by atoms with Crippen molar-refractivity contribution in [2.45, 2.75) is 44.9 Å². The number of ketones is 1. The van der Waals surface area contributed by atoms with Crippen LogP contribution >= 0.6 is 22.9 Å². The fraction of sp³-hybridized carbons (Fsp3) is 0.407. The highest BCUT2D eigenvalue weighted by Gasteiger charge is 2.57. The summed E-state index contributed by atoms with van der Waals surface area (Å²) in [7, 11) is -3.43. The largest absolute Gasteiger partial charge is 0.724 e. The number of oxime groups is 1. The molecule has 3 heterocycles. The number of Topliss-reactive ketones (excluding diaryl/α,β-unsaturated/α-hetero) is 1. The second-order valence-corrected chi connectivity index (χ2v) is 13.7. The predicted octanol–water partition coefficient (Wildman–Crippen LogP) is 0.444. The number of ether oxygens (including phenoxy) is 1. The van der Waals surface area contributed by atoms with Crippen LogP contribution in [0.25, 0.3) is 11.1 Å². The number of hydrogen-bond donors (Lipinski definition) is 4. The third-order valence-electron chi connectivity index (χ3n) is 7.51. The van der Waals surface area contributed by atoms with Gasteiger partial charge in [-0.3, -0.25) is 9.59 Å². The number of hydroxylamine groups is 2. The SMILES string of the molecule is Cn1c(N)c(-c2ccc(OC[C@H](O/N=C(\C(=O)CC3C(=O)N(OS(=O)(=O)[O-])C3(C)C)c3nc(N)sc3Cl)C(=O)O)cc2)c[n+]1CCCN. The fourth-order valence-electron chi connectivity index (χ4n) is 4.81. The number of halogens is 1. The Hall–Kier alpha value is -4.34. The highest BCUT2D eigenvalue weighted by molar-refractivity contribution is 7.80. The Morgan fingerprint density at radius 2 is 1.94 bits per heavy atom. The summed E-state index contributed by atoms with van der Waals surface area (Å²) in [5.41, 5.74) is 17.0. The van der Waals surface area contributed by atoms with Crippen molar-refractivity contribution in [2.24, 2.45) is 23.9 Å². The van der Waals surface area contributed by atoms with E-state index < -0.39 is 64.4 Å². The Morgan fingerprint density at radius 3 is 2.48 bits per heavy atom. The van der Waals surface area contributed by atoms with Gasteiger partial charge in [-0.25, -0.2) is 18.2 Å². The minimum absolute atomic E-state index is 0.0417. The number of anilines is 2. The maximum atomic E-state index is 13.4. The lowest BCUT2D eigenvalue weighted by Crippen LogP contribution is -2.68. The van der Waals surface area contributed by atoms with Gasteiger partial charge in [0.25, 0.3) is 12.0 Å². The van der Waals surface area contributed by atoms with Gasteiger partial charge in [0.05, 0.1) is 24.1 Å². The second kappa shape index (κ2) is 14.4. The van der Waals surface area contributed by atoms with Gasteiger partial charge in [0.1, 0.15) is 22.4 Å². The van der Waals surface area contributed by atoms with E-state index in [1.807, 2.05) is 22.6 Å². The number of benzene rings is 1. The number of carbonyl (C=O) groups excluding carboxylic acids is 2. The van der Waals surface area contributed by atoms with E-state index in [2.05, 4.69) is 14.4 Å². The molecule has 2 aromatic heterocycles. The van der Waals surface area contributed by atoms with Gasteiger partial charge in [-0.15, -0.1) is 9.36 Å². The molecule has 0 radical (unpaired) electrons. The van der Waals surface area contributed by atoms with E-state index in [1.165, 1.54) is 13.8 Å². The van der Waals surface area contributed by atoms with Gasteiger partial charge in [-0.1, -0.05) is 40.2 Å². The summed E-state index contributed by atoms with van der Waals surface area (Å²) >= 11 is 7.01. The number of carboxylic acid groups (broad SMARTS) is 1. The predicted molar refractivity (Wildman–Crippen MR) is 170 cm³/mol. The van der Waals surface area contributed by atoms with Crippen molar-refractivity contribution >= 4 is 67.7 Å². The minimum atomic E-state index is -5.27. The van der Waals surface area contributed by atoms with Crippen molar-refractivity contribution in [3.8, 4) is 16.9 Å². The maximum absolute atomic E-state index is 13.4.